The minimum absolute atomic E-state index is 0.669. The van der Waals surface area contributed by atoms with Gasteiger partial charge < -0.3 is 0 Å². The van der Waals surface area contributed by atoms with E-state index >= 15 is 0 Å². The van der Waals surface area contributed by atoms with E-state index in [4.69, 9.17) is 0 Å². The molecule has 0 unspecified atom stereocenters. The average molecular weight is 287 g/mol. The maximum absolute atomic E-state index is 12.0. The van der Waals surface area contributed by atoms with Gasteiger partial charge in [0.15, 0.2) is 0 Å². The fourth-order valence-electron chi connectivity index (χ4n) is 1.90. The largest absolute Gasteiger partial charge is 0.246 e. The molecule has 0 amide bonds. The molecule has 0 aliphatic rings. The van der Waals surface area contributed by atoms with Gasteiger partial charge in [-0.2, -0.15) is 0 Å². The van der Waals surface area contributed by atoms with Crippen LogP contribution in [0.15, 0.2) is 60.8 Å². The minimum Gasteiger partial charge on any atom is -0.246 e. The van der Waals surface area contributed by atoms with Crippen LogP contribution in [0.25, 0.3) is 6.08 Å². The van der Waals surface area contributed by atoms with E-state index in [2.05, 4.69) is 0 Å². The summed E-state index contributed by atoms with van der Waals surface area (Å²) in [4.78, 5) is 0. The zero-order valence-electron chi connectivity index (χ0n) is 11.5. The molecule has 104 valence electrons. The van der Waals surface area contributed by atoms with E-state index in [0.29, 0.717) is 5.69 Å². The van der Waals surface area contributed by atoms with Crippen LogP contribution in [0.4, 0.5) is 5.69 Å². The van der Waals surface area contributed by atoms with Crippen LogP contribution in [0.3, 0.4) is 0 Å². The van der Waals surface area contributed by atoms with Crippen molar-refractivity contribution in [3.63, 3.8) is 0 Å². The van der Waals surface area contributed by atoms with E-state index in [0.717, 1.165) is 11.1 Å². The standard InChI is InChI=1S/C16H17NO2S/c1-14-8-6-7-11-16(14)17(20(2,18)19)13-12-15-9-4-3-5-10-15/h3-13H,1-2H3. The van der Waals surface area contributed by atoms with E-state index in [-0.39, 0.29) is 0 Å². The molecule has 0 aliphatic heterocycles. The Kier molecular flexibility index (Phi) is 4.25. The van der Waals surface area contributed by atoms with Gasteiger partial charge >= 0.3 is 0 Å². The Hall–Kier alpha value is -2.07. The number of aryl methyl sites for hydroxylation is 1. The predicted molar refractivity (Wildman–Crippen MR) is 84.0 cm³/mol. The summed E-state index contributed by atoms with van der Waals surface area (Å²) >= 11 is 0. The van der Waals surface area contributed by atoms with Crippen molar-refractivity contribution in [2.24, 2.45) is 0 Å². The normalized spacial score (nSPS) is 11.7. The maximum Gasteiger partial charge on any atom is 0.236 e. The molecule has 0 aliphatic carbocycles. The van der Waals surface area contributed by atoms with Crippen molar-refractivity contribution >= 4 is 21.8 Å². The molecule has 0 aromatic heterocycles. The van der Waals surface area contributed by atoms with Crippen LogP contribution in [0.2, 0.25) is 0 Å². The van der Waals surface area contributed by atoms with E-state index in [1.807, 2.05) is 55.5 Å². The molecule has 0 spiro atoms. The molecule has 0 fully saturated rings. The Morgan fingerprint density at radius 3 is 2.15 bits per heavy atom. The van der Waals surface area contributed by atoms with Gasteiger partial charge in [-0.25, -0.2) is 12.7 Å². The van der Waals surface area contributed by atoms with Gasteiger partial charge in [0.2, 0.25) is 10.0 Å². The topological polar surface area (TPSA) is 37.4 Å². The Balaban J connectivity index is 2.41. The SMILES string of the molecule is Cc1ccccc1N(C=Cc1ccccc1)S(C)(=O)=O. The van der Waals surface area contributed by atoms with Crippen molar-refractivity contribution < 1.29 is 8.42 Å². The van der Waals surface area contributed by atoms with Crippen LogP contribution in [-0.2, 0) is 10.0 Å². The van der Waals surface area contributed by atoms with Crippen LogP contribution >= 0.6 is 0 Å². The average Bonchev–Trinajstić information content (AvgIpc) is 2.41. The number of nitrogens with zero attached hydrogens (tertiary/aromatic N) is 1. The molecule has 4 heteroatoms. The van der Waals surface area contributed by atoms with Gasteiger partial charge in [0.1, 0.15) is 0 Å². The number of benzene rings is 2. The van der Waals surface area contributed by atoms with Crippen molar-refractivity contribution in [2.45, 2.75) is 6.92 Å². The third-order valence-electron chi connectivity index (χ3n) is 2.91. The molecular formula is C16H17NO2S. The first-order chi connectivity index (χ1) is 9.48. The zero-order chi connectivity index (χ0) is 14.6. The van der Waals surface area contributed by atoms with Gasteiger partial charge in [-0.3, -0.25) is 0 Å². The monoisotopic (exact) mass is 287 g/mol. The van der Waals surface area contributed by atoms with Crippen molar-refractivity contribution in [3.05, 3.63) is 71.9 Å². The summed E-state index contributed by atoms with van der Waals surface area (Å²) in [6.45, 7) is 1.89. The van der Waals surface area contributed by atoms with Crippen LogP contribution in [0.1, 0.15) is 11.1 Å². The highest BCUT2D eigenvalue weighted by Gasteiger charge is 2.15. The van der Waals surface area contributed by atoms with Crippen molar-refractivity contribution in [1.82, 2.24) is 0 Å². The lowest BCUT2D eigenvalue weighted by Crippen LogP contribution is -2.24. The molecule has 0 heterocycles. The zero-order valence-corrected chi connectivity index (χ0v) is 12.3. The summed E-state index contributed by atoms with van der Waals surface area (Å²) < 4.78 is 25.3. The quantitative estimate of drug-likeness (QED) is 0.864. The van der Waals surface area contributed by atoms with E-state index in [9.17, 15) is 8.42 Å². The van der Waals surface area contributed by atoms with Crippen molar-refractivity contribution in [3.8, 4) is 0 Å². The highest BCUT2D eigenvalue weighted by molar-refractivity contribution is 7.92. The lowest BCUT2D eigenvalue weighted by molar-refractivity contribution is 0.601. The Morgan fingerprint density at radius 2 is 1.55 bits per heavy atom. The third-order valence-corrected chi connectivity index (χ3v) is 3.95. The van der Waals surface area contributed by atoms with Crippen LogP contribution < -0.4 is 4.31 Å². The Morgan fingerprint density at radius 1 is 0.950 bits per heavy atom. The van der Waals surface area contributed by atoms with Crippen LogP contribution in [-0.4, -0.2) is 14.7 Å². The van der Waals surface area contributed by atoms with Crippen LogP contribution in [0.5, 0.6) is 0 Å². The summed E-state index contributed by atoms with van der Waals surface area (Å²) in [7, 11) is -3.36. The molecule has 2 aromatic carbocycles. The molecule has 2 aromatic rings. The van der Waals surface area contributed by atoms with Crippen molar-refractivity contribution in [2.75, 3.05) is 10.6 Å². The fourth-order valence-corrected chi connectivity index (χ4v) is 2.74. The summed E-state index contributed by atoms with van der Waals surface area (Å²) in [6, 6.07) is 17.0. The summed E-state index contributed by atoms with van der Waals surface area (Å²) in [6.07, 6.45) is 4.58. The Labute approximate surface area is 120 Å². The fraction of sp³-hybridized carbons (Fsp3) is 0.125. The molecule has 0 radical (unpaired) electrons. The maximum atomic E-state index is 12.0. The number of rotatable bonds is 4. The number of sulfonamides is 1. The summed E-state index contributed by atoms with van der Waals surface area (Å²) in [5.74, 6) is 0. The first kappa shape index (κ1) is 14.3. The molecule has 20 heavy (non-hydrogen) atoms. The number of anilines is 1. The van der Waals surface area contributed by atoms with Gasteiger partial charge in [-0.15, -0.1) is 0 Å². The number of hydrogen-bond donors (Lipinski definition) is 0. The molecule has 2 rings (SSSR count). The summed E-state index contributed by atoms with van der Waals surface area (Å²) in [5.41, 5.74) is 2.53. The smallest absolute Gasteiger partial charge is 0.236 e. The number of hydrogen-bond acceptors (Lipinski definition) is 2. The lowest BCUT2D eigenvalue weighted by Gasteiger charge is -2.20. The van der Waals surface area contributed by atoms with Gasteiger partial charge in [0.25, 0.3) is 0 Å². The molecular weight excluding hydrogens is 270 g/mol. The van der Waals surface area contributed by atoms with E-state index in [1.165, 1.54) is 10.6 Å². The first-order valence-corrected chi connectivity index (χ1v) is 8.11. The highest BCUT2D eigenvalue weighted by Crippen LogP contribution is 2.22. The second kappa shape index (κ2) is 5.92. The second-order valence-electron chi connectivity index (χ2n) is 4.57. The van der Waals surface area contributed by atoms with Crippen LogP contribution in [0, 0.1) is 6.92 Å². The van der Waals surface area contributed by atoms with Gasteiger partial charge in [0.05, 0.1) is 11.9 Å². The molecule has 0 saturated heterocycles. The Bertz CT molecular complexity index is 706. The van der Waals surface area contributed by atoms with E-state index < -0.39 is 10.0 Å². The van der Waals surface area contributed by atoms with Crippen molar-refractivity contribution in [1.29, 1.82) is 0 Å². The summed E-state index contributed by atoms with van der Waals surface area (Å²) in [5, 5.41) is 0. The molecule has 0 saturated carbocycles. The van der Waals surface area contributed by atoms with Gasteiger partial charge in [-0.05, 0) is 30.2 Å². The second-order valence-corrected chi connectivity index (χ2v) is 6.43. The molecule has 0 N–H and O–H groups in total. The van der Waals surface area contributed by atoms with Gasteiger partial charge in [-0.1, -0.05) is 48.5 Å². The first-order valence-electron chi connectivity index (χ1n) is 6.27. The molecule has 3 nitrogen and oxygen atoms in total. The molecule has 0 bridgehead atoms. The van der Waals surface area contributed by atoms with Gasteiger partial charge in [0, 0.05) is 6.20 Å². The van der Waals surface area contributed by atoms with E-state index in [1.54, 1.807) is 18.3 Å². The molecule has 0 atom stereocenters. The lowest BCUT2D eigenvalue weighted by atomic mass is 10.2. The third kappa shape index (κ3) is 3.48. The number of para-hydroxylation sites is 1. The minimum atomic E-state index is -3.36. The predicted octanol–water partition coefficient (Wildman–Crippen LogP) is 3.43. The highest BCUT2D eigenvalue weighted by atomic mass is 32.2.